The van der Waals surface area contributed by atoms with Crippen LogP contribution in [0.3, 0.4) is 0 Å². The third-order valence-corrected chi connectivity index (χ3v) is 11.7. The first-order valence-corrected chi connectivity index (χ1v) is 12.9. The second-order valence-electron chi connectivity index (χ2n) is 12.8. The van der Waals surface area contributed by atoms with Crippen LogP contribution in [0.1, 0.15) is 99.3 Å². The van der Waals surface area contributed by atoms with Crippen LogP contribution in [-0.4, -0.2) is 11.7 Å². The molecular weight excluding hydrogens is 352 g/mol. The third kappa shape index (κ3) is 2.95. The Labute approximate surface area is 181 Å². The standard InChI is InChI=1S/C28H48O/c1-18(2)21-9-8-20-12-14-27(6)23(25(20)21)10-11-24-26(5,16-17-29)22(19(3)4)13-15-28(24,27)7/h19-25,29H,1,8-17H2,2-7H3/t20-,21+,22+,23-,24-,25-,26+,27-,28-/m1/s1. The number of allylic oxidation sites excluding steroid dienone is 1. The van der Waals surface area contributed by atoms with Crippen LogP contribution in [0.15, 0.2) is 12.2 Å². The minimum atomic E-state index is 0.296. The zero-order chi connectivity index (χ0) is 21.2. The van der Waals surface area contributed by atoms with Crippen LogP contribution in [0.2, 0.25) is 0 Å². The van der Waals surface area contributed by atoms with E-state index >= 15 is 0 Å². The molecule has 1 heteroatoms. The van der Waals surface area contributed by atoms with Gasteiger partial charge in [-0.25, -0.2) is 0 Å². The Kier molecular flexibility index (Phi) is 5.58. The average molecular weight is 401 g/mol. The molecule has 29 heavy (non-hydrogen) atoms. The van der Waals surface area contributed by atoms with E-state index in [0.717, 1.165) is 47.8 Å². The van der Waals surface area contributed by atoms with Crippen molar-refractivity contribution in [2.75, 3.05) is 6.61 Å². The first-order valence-electron chi connectivity index (χ1n) is 12.9. The molecule has 0 aliphatic heterocycles. The molecule has 0 bridgehead atoms. The first kappa shape index (κ1) is 21.9. The average Bonchev–Trinajstić information content (AvgIpc) is 3.06. The Morgan fingerprint density at radius 2 is 1.66 bits per heavy atom. The summed E-state index contributed by atoms with van der Waals surface area (Å²) in [6, 6.07) is 0. The van der Waals surface area contributed by atoms with Crippen LogP contribution in [-0.2, 0) is 0 Å². The van der Waals surface area contributed by atoms with Gasteiger partial charge in [0.25, 0.3) is 0 Å². The number of fused-ring (bicyclic) bond motifs is 5. The smallest absolute Gasteiger partial charge is 0.0436 e. The van der Waals surface area contributed by atoms with E-state index in [1.54, 1.807) is 0 Å². The maximum absolute atomic E-state index is 10.1. The Morgan fingerprint density at radius 1 is 0.966 bits per heavy atom. The molecule has 0 saturated heterocycles. The molecule has 0 aromatic rings. The van der Waals surface area contributed by atoms with Crippen molar-refractivity contribution in [2.24, 2.45) is 57.7 Å². The third-order valence-electron chi connectivity index (χ3n) is 11.7. The molecule has 166 valence electrons. The van der Waals surface area contributed by atoms with E-state index in [9.17, 15) is 5.11 Å². The molecule has 0 radical (unpaired) electrons. The van der Waals surface area contributed by atoms with Crippen LogP contribution in [0, 0.1) is 57.7 Å². The highest BCUT2D eigenvalue weighted by Gasteiger charge is 2.66. The SMILES string of the molecule is C=C(C)[C@@H]1CC[C@@H]2CC[C@]3(C)[C@H](CC[C@@H]4[C@@](C)(CCO)[C@H](C(C)C)CC[C@]43C)[C@H]21. The van der Waals surface area contributed by atoms with E-state index < -0.39 is 0 Å². The molecule has 1 nitrogen and oxygen atoms in total. The van der Waals surface area contributed by atoms with E-state index in [1.807, 2.05) is 0 Å². The summed E-state index contributed by atoms with van der Waals surface area (Å²) >= 11 is 0. The van der Waals surface area contributed by atoms with Crippen molar-refractivity contribution in [1.82, 2.24) is 0 Å². The molecule has 0 amide bonds. The lowest BCUT2D eigenvalue weighted by Crippen LogP contribution is -2.63. The Bertz CT molecular complexity index is 636. The molecule has 0 aromatic carbocycles. The quantitative estimate of drug-likeness (QED) is 0.485. The summed E-state index contributed by atoms with van der Waals surface area (Å²) in [5, 5.41) is 10.1. The number of hydrogen-bond donors (Lipinski definition) is 1. The second kappa shape index (κ2) is 7.39. The van der Waals surface area contributed by atoms with Crippen LogP contribution in [0.4, 0.5) is 0 Å². The predicted molar refractivity (Wildman–Crippen MR) is 124 cm³/mol. The molecule has 4 rings (SSSR count). The van der Waals surface area contributed by atoms with Gasteiger partial charge in [0, 0.05) is 6.61 Å². The minimum absolute atomic E-state index is 0.296. The van der Waals surface area contributed by atoms with Gasteiger partial charge in [-0.2, -0.15) is 0 Å². The summed E-state index contributed by atoms with van der Waals surface area (Å²) in [6.45, 7) is 19.9. The summed E-state index contributed by atoms with van der Waals surface area (Å²) in [5.74, 6) is 5.78. The molecule has 4 saturated carbocycles. The van der Waals surface area contributed by atoms with E-state index in [1.165, 1.54) is 56.9 Å². The van der Waals surface area contributed by atoms with Gasteiger partial charge in [0.05, 0.1) is 0 Å². The zero-order valence-electron chi connectivity index (χ0n) is 20.3. The number of hydrogen-bond acceptors (Lipinski definition) is 1. The van der Waals surface area contributed by atoms with Gasteiger partial charge < -0.3 is 5.11 Å². The van der Waals surface area contributed by atoms with Crippen LogP contribution >= 0.6 is 0 Å². The fourth-order valence-electron chi connectivity index (χ4n) is 10.3. The largest absolute Gasteiger partial charge is 0.396 e. The monoisotopic (exact) mass is 400 g/mol. The van der Waals surface area contributed by atoms with E-state index in [2.05, 4.69) is 48.1 Å². The second-order valence-corrected chi connectivity index (χ2v) is 12.8. The lowest BCUT2D eigenvalue weighted by molar-refractivity contribution is -0.213. The molecular formula is C28H48O. The van der Waals surface area contributed by atoms with Crippen LogP contribution in [0.5, 0.6) is 0 Å². The highest BCUT2D eigenvalue weighted by Crippen LogP contribution is 2.74. The fourth-order valence-corrected chi connectivity index (χ4v) is 10.3. The predicted octanol–water partition coefficient (Wildman–Crippen LogP) is 7.49. The van der Waals surface area contributed by atoms with Crippen molar-refractivity contribution < 1.29 is 5.11 Å². The van der Waals surface area contributed by atoms with Gasteiger partial charge in [-0.05, 0) is 122 Å². The summed E-state index contributed by atoms with van der Waals surface area (Å²) in [4.78, 5) is 0. The maximum Gasteiger partial charge on any atom is 0.0436 e. The molecule has 4 aliphatic rings. The van der Waals surface area contributed by atoms with Crippen LogP contribution in [0.25, 0.3) is 0 Å². The van der Waals surface area contributed by atoms with Gasteiger partial charge in [0.2, 0.25) is 0 Å². The van der Waals surface area contributed by atoms with Crippen molar-refractivity contribution in [1.29, 1.82) is 0 Å². The lowest BCUT2D eigenvalue weighted by atomic mass is 9.35. The molecule has 0 unspecified atom stereocenters. The topological polar surface area (TPSA) is 20.2 Å². The Balaban J connectivity index is 1.73. The van der Waals surface area contributed by atoms with Crippen LogP contribution < -0.4 is 0 Å². The van der Waals surface area contributed by atoms with Gasteiger partial charge in [0.15, 0.2) is 0 Å². The van der Waals surface area contributed by atoms with Crippen molar-refractivity contribution in [3.63, 3.8) is 0 Å². The highest BCUT2D eigenvalue weighted by molar-refractivity contribution is 5.17. The molecule has 4 fully saturated rings. The van der Waals surface area contributed by atoms with Gasteiger partial charge in [-0.1, -0.05) is 46.8 Å². The van der Waals surface area contributed by atoms with E-state index in [0.29, 0.717) is 22.9 Å². The van der Waals surface area contributed by atoms with Gasteiger partial charge in [-0.3, -0.25) is 0 Å². The molecule has 0 heterocycles. The number of aliphatic hydroxyl groups is 1. The van der Waals surface area contributed by atoms with Crippen molar-refractivity contribution in [2.45, 2.75) is 99.3 Å². The minimum Gasteiger partial charge on any atom is -0.396 e. The summed E-state index contributed by atoms with van der Waals surface area (Å²) < 4.78 is 0. The van der Waals surface area contributed by atoms with Gasteiger partial charge in [0.1, 0.15) is 0 Å². The molecule has 1 N–H and O–H groups in total. The highest BCUT2D eigenvalue weighted by atomic mass is 16.3. The van der Waals surface area contributed by atoms with Gasteiger partial charge >= 0.3 is 0 Å². The molecule has 0 aromatic heterocycles. The zero-order valence-corrected chi connectivity index (χ0v) is 20.3. The summed E-state index contributed by atoms with van der Waals surface area (Å²) in [6.07, 6.45) is 12.3. The summed E-state index contributed by atoms with van der Waals surface area (Å²) in [7, 11) is 0. The number of rotatable bonds is 4. The summed E-state index contributed by atoms with van der Waals surface area (Å²) in [5.41, 5.74) is 2.65. The molecule has 4 aliphatic carbocycles. The maximum atomic E-state index is 10.1. The lowest BCUT2D eigenvalue weighted by Gasteiger charge is -2.70. The normalized spacial score (nSPS) is 52.0. The number of aliphatic hydroxyl groups excluding tert-OH is 1. The molecule has 0 spiro atoms. The first-order chi connectivity index (χ1) is 13.6. The fraction of sp³-hybridized carbons (Fsp3) is 0.929. The van der Waals surface area contributed by atoms with Crippen molar-refractivity contribution in [3.8, 4) is 0 Å². The van der Waals surface area contributed by atoms with Crippen molar-refractivity contribution in [3.05, 3.63) is 12.2 Å². The van der Waals surface area contributed by atoms with E-state index in [-0.39, 0.29) is 0 Å². The van der Waals surface area contributed by atoms with E-state index in [4.69, 9.17) is 0 Å². The van der Waals surface area contributed by atoms with Crippen molar-refractivity contribution >= 4 is 0 Å². The Hall–Kier alpha value is -0.300. The van der Waals surface area contributed by atoms with Gasteiger partial charge in [-0.15, -0.1) is 0 Å². The molecule has 9 atom stereocenters. The Morgan fingerprint density at radius 3 is 2.28 bits per heavy atom.